The molecule has 8 heteroatoms. The molecule has 0 radical (unpaired) electrons. The van der Waals surface area contributed by atoms with Crippen molar-refractivity contribution in [1.29, 1.82) is 0 Å². The molecule has 0 aliphatic carbocycles. The van der Waals surface area contributed by atoms with Crippen LogP contribution in [0.25, 0.3) is 5.69 Å². The molecule has 0 aliphatic heterocycles. The fourth-order valence-electron chi connectivity index (χ4n) is 2.33. The summed E-state index contributed by atoms with van der Waals surface area (Å²) in [4.78, 5) is 13.0. The molecule has 0 bridgehead atoms. The van der Waals surface area contributed by atoms with Crippen molar-refractivity contribution in [3.63, 3.8) is 0 Å². The van der Waals surface area contributed by atoms with Gasteiger partial charge in [-0.05, 0) is 34.4 Å². The zero-order chi connectivity index (χ0) is 16.9. The number of aromatic nitrogens is 4. The van der Waals surface area contributed by atoms with E-state index in [-0.39, 0.29) is 11.9 Å². The molecule has 0 saturated heterocycles. The van der Waals surface area contributed by atoms with Gasteiger partial charge in [-0.3, -0.25) is 4.79 Å². The molecule has 24 heavy (non-hydrogen) atoms. The van der Waals surface area contributed by atoms with Crippen molar-refractivity contribution in [2.45, 2.75) is 25.5 Å². The van der Waals surface area contributed by atoms with E-state index < -0.39 is 6.10 Å². The Labute approximate surface area is 142 Å². The summed E-state index contributed by atoms with van der Waals surface area (Å²) in [5, 5.41) is 25.9. The Morgan fingerprint density at radius 3 is 2.83 bits per heavy atom. The van der Waals surface area contributed by atoms with Crippen LogP contribution in [0.15, 0.2) is 48.1 Å². The summed E-state index contributed by atoms with van der Waals surface area (Å²) in [6, 6.07) is 11.1. The first-order chi connectivity index (χ1) is 11.6. The van der Waals surface area contributed by atoms with Gasteiger partial charge < -0.3 is 10.4 Å². The van der Waals surface area contributed by atoms with Gasteiger partial charge in [-0.15, -0.1) is 16.4 Å². The van der Waals surface area contributed by atoms with Crippen LogP contribution in [-0.2, 0) is 6.42 Å². The lowest BCUT2D eigenvalue weighted by Crippen LogP contribution is -2.42. The van der Waals surface area contributed by atoms with Crippen molar-refractivity contribution in [3.8, 4) is 5.69 Å². The molecule has 0 fully saturated rings. The number of carbonyl (C=O) groups excluding carboxylic acids is 1. The average Bonchev–Trinajstić information content (AvgIpc) is 3.26. The largest absolute Gasteiger partial charge is 0.391 e. The normalized spacial score (nSPS) is 13.4. The van der Waals surface area contributed by atoms with Gasteiger partial charge >= 0.3 is 0 Å². The van der Waals surface area contributed by atoms with Gasteiger partial charge in [-0.1, -0.05) is 30.3 Å². The predicted octanol–water partition coefficient (Wildman–Crippen LogP) is 1.45. The number of benzene rings is 1. The lowest BCUT2D eigenvalue weighted by molar-refractivity contribution is 0.0855. The minimum absolute atomic E-state index is 0.255. The van der Waals surface area contributed by atoms with Crippen LogP contribution in [0.1, 0.15) is 22.2 Å². The molecule has 1 aromatic carbocycles. The van der Waals surface area contributed by atoms with Crippen LogP contribution in [-0.4, -0.2) is 43.4 Å². The zero-order valence-corrected chi connectivity index (χ0v) is 13.8. The van der Waals surface area contributed by atoms with Crippen molar-refractivity contribution >= 4 is 17.2 Å². The lowest BCUT2D eigenvalue weighted by Gasteiger charge is -2.20. The van der Waals surface area contributed by atoms with E-state index in [2.05, 4.69) is 20.8 Å². The van der Waals surface area contributed by atoms with Gasteiger partial charge in [0.1, 0.15) is 11.2 Å². The van der Waals surface area contributed by atoms with Gasteiger partial charge in [0.25, 0.3) is 5.91 Å². The first-order valence-electron chi connectivity index (χ1n) is 7.49. The number of hydrogen-bond acceptors (Lipinski definition) is 6. The molecular weight excluding hydrogens is 326 g/mol. The van der Waals surface area contributed by atoms with E-state index in [4.69, 9.17) is 0 Å². The van der Waals surface area contributed by atoms with E-state index in [0.29, 0.717) is 17.0 Å². The summed E-state index contributed by atoms with van der Waals surface area (Å²) in [5.41, 5.74) is 1.64. The van der Waals surface area contributed by atoms with Crippen molar-refractivity contribution in [3.05, 3.63) is 58.5 Å². The van der Waals surface area contributed by atoms with E-state index in [9.17, 15) is 9.90 Å². The Kier molecular flexibility index (Phi) is 4.97. The number of aliphatic hydroxyl groups excluding tert-OH is 1. The van der Waals surface area contributed by atoms with Crippen molar-refractivity contribution in [1.82, 2.24) is 25.5 Å². The smallest absolute Gasteiger partial charge is 0.263 e. The molecule has 2 N–H and O–H groups in total. The second-order valence-electron chi connectivity index (χ2n) is 5.41. The molecule has 3 rings (SSSR count). The summed E-state index contributed by atoms with van der Waals surface area (Å²) >= 11 is 1.30. The zero-order valence-electron chi connectivity index (χ0n) is 13.0. The highest BCUT2D eigenvalue weighted by atomic mass is 32.1. The second kappa shape index (κ2) is 7.33. The summed E-state index contributed by atoms with van der Waals surface area (Å²) in [7, 11) is 0. The quantitative estimate of drug-likeness (QED) is 0.706. The molecule has 0 saturated carbocycles. The molecule has 1 amide bonds. The third-order valence-corrected chi connectivity index (χ3v) is 4.57. The van der Waals surface area contributed by atoms with Crippen LogP contribution < -0.4 is 5.32 Å². The number of tetrazole rings is 1. The molecule has 7 nitrogen and oxygen atoms in total. The highest BCUT2D eigenvalue weighted by Gasteiger charge is 2.21. The van der Waals surface area contributed by atoms with Gasteiger partial charge in [0.15, 0.2) is 0 Å². The van der Waals surface area contributed by atoms with E-state index in [1.165, 1.54) is 22.3 Å². The summed E-state index contributed by atoms with van der Waals surface area (Å²) in [5.74, 6) is -0.255. The number of aliphatic hydroxyl groups is 1. The monoisotopic (exact) mass is 343 g/mol. The highest BCUT2D eigenvalue weighted by Crippen LogP contribution is 2.20. The highest BCUT2D eigenvalue weighted by molar-refractivity contribution is 7.12. The Hall–Kier alpha value is -2.58. The number of carbonyl (C=O) groups is 1. The van der Waals surface area contributed by atoms with Crippen molar-refractivity contribution < 1.29 is 9.90 Å². The number of nitrogens with zero attached hydrogens (tertiary/aromatic N) is 4. The molecule has 0 spiro atoms. The Morgan fingerprint density at radius 2 is 2.12 bits per heavy atom. The SMILES string of the molecule is CC(NC(=O)c1sccc1-n1cnnn1)C(O)Cc1ccccc1. The van der Waals surface area contributed by atoms with E-state index in [1.807, 2.05) is 30.3 Å². The molecule has 2 heterocycles. The lowest BCUT2D eigenvalue weighted by atomic mass is 10.0. The third kappa shape index (κ3) is 3.66. The van der Waals surface area contributed by atoms with E-state index in [1.54, 1.807) is 18.4 Å². The van der Waals surface area contributed by atoms with E-state index in [0.717, 1.165) is 5.56 Å². The van der Waals surface area contributed by atoms with E-state index >= 15 is 0 Å². The standard InChI is InChI=1S/C16H17N5O2S/c1-11(14(22)9-12-5-3-2-4-6-12)18-16(23)15-13(7-8-24-15)21-10-17-19-20-21/h2-8,10-11,14,22H,9H2,1H3,(H,18,23). The Bertz CT molecular complexity index is 788. The van der Waals surface area contributed by atoms with Gasteiger partial charge in [0.05, 0.1) is 17.8 Å². The Balaban J connectivity index is 1.65. The number of thiophene rings is 1. The summed E-state index contributed by atoms with van der Waals surface area (Å²) in [6.07, 6.45) is 1.24. The van der Waals surface area contributed by atoms with Gasteiger partial charge in [0, 0.05) is 6.42 Å². The number of nitrogens with one attached hydrogen (secondary N) is 1. The minimum Gasteiger partial charge on any atom is -0.391 e. The molecule has 0 aliphatic rings. The maximum absolute atomic E-state index is 12.5. The van der Waals surface area contributed by atoms with Gasteiger partial charge in [-0.25, -0.2) is 0 Å². The first-order valence-corrected chi connectivity index (χ1v) is 8.37. The molecule has 2 aromatic heterocycles. The van der Waals surface area contributed by atoms with Crippen LogP contribution in [0.2, 0.25) is 0 Å². The van der Waals surface area contributed by atoms with Crippen molar-refractivity contribution in [2.24, 2.45) is 0 Å². The van der Waals surface area contributed by atoms with Crippen LogP contribution >= 0.6 is 11.3 Å². The van der Waals surface area contributed by atoms with Crippen LogP contribution in [0.5, 0.6) is 0 Å². The van der Waals surface area contributed by atoms with Crippen LogP contribution in [0, 0.1) is 0 Å². The maximum Gasteiger partial charge on any atom is 0.263 e. The molecular formula is C16H17N5O2S. The molecule has 2 atom stereocenters. The molecule has 124 valence electrons. The predicted molar refractivity (Wildman–Crippen MR) is 90.1 cm³/mol. The fraction of sp³-hybridized carbons (Fsp3) is 0.250. The molecule has 3 aromatic rings. The number of hydrogen-bond donors (Lipinski definition) is 2. The first kappa shape index (κ1) is 16.3. The number of amides is 1. The van der Waals surface area contributed by atoms with Gasteiger partial charge in [0.2, 0.25) is 0 Å². The Morgan fingerprint density at radius 1 is 1.33 bits per heavy atom. The fourth-order valence-corrected chi connectivity index (χ4v) is 3.11. The average molecular weight is 343 g/mol. The molecule has 2 unspecified atom stereocenters. The number of rotatable bonds is 6. The van der Waals surface area contributed by atoms with Crippen LogP contribution in [0.3, 0.4) is 0 Å². The second-order valence-corrected chi connectivity index (χ2v) is 6.32. The van der Waals surface area contributed by atoms with Crippen molar-refractivity contribution in [2.75, 3.05) is 0 Å². The third-order valence-electron chi connectivity index (χ3n) is 3.67. The van der Waals surface area contributed by atoms with Gasteiger partial charge in [-0.2, -0.15) is 4.68 Å². The summed E-state index contributed by atoms with van der Waals surface area (Å²) < 4.78 is 1.44. The summed E-state index contributed by atoms with van der Waals surface area (Å²) in [6.45, 7) is 1.79. The topological polar surface area (TPSA) is 92.9 Å². The van der Waals surface area contributed by atoms with Crippen LogP contribution in [0.4, 0.5) is 0 Å². The maximum atomic E-state index is 12.5. The minimum atomic E-state index is -0.673.